The molecule has 1 aliphatic heterocycles. The summed E-state index contributed by atoms with van der Waals surface area (Å²) in [7, 11) is 0. The van der Waals surface area contributed by atoms with E-state index in [1.807, 2.05) is 13.8 Å². The summed E-state index contributed by atoms with van der Waals surface area (Å²) in [5.41, 5.74) is 3.23. The van der Waals surface area contributed by atoms with Gasteiger partial charge >= 0.3 is 0 Å². The number of rotatable bonds is 1. The topological polar surface area (TPSA) is 53.1 Å². The Morgan fingerprint density at radius 2 is 2.17 bits per heavy atom. The van der Waals surface area contributed by atoms with Gasteiger partial charge in [0.25, 0.3) is 0 Å². The second kappa shape index (κ2) is 2.62. The number of aromatic nitrogens is 2. The van der Waals surface area contributed by atoms with Gasteiger partial charge in [-0.3, -0.25) is 10.1 Å². The van der Waals surface area contributed by atoms with Crippen LogP contribution in [0.5, 0.6) is 0 Å². The van der Waals surface area contributed by atoms with E-state index in [1.54, 1.807) is 0 Å². The van der Waals surface area contributed by atoms with Gasteiger partial charge in [-0.2, -0.15) is 5.10 Å². The lowest BCUT2D eigenvalue weighted by atomic mass is 10.2. The van der Waals surface area contributed by atoms with Gasteiger partial charge < -0.3 is 5.32 Å². The van der Waals surface area contributed by atoms with Gasteiger partial charge in [0, 0.05) is 12.2 Å². The van der Waals surface area contributed by atoms with Gasteiger partial charge in [-0.15, -0.1) is 0 Å². The van der Waals surface area contributed by atoms with Crippen molar-refractivity contribution >= 4 is 5.84 Å². The van der Waals surface area contributed by atoms with Gasteiger partial charge in [-0.1, -0.05) is 0 Å². The molecule has 0 bridgehead atoms. The number of H-pyrrole nitrogens is 1. The molecular weight excluding hydrogens is 152 g/mol. The van der Waals surface area contributed by atoms with Crippen LogP contribution in [0.4, 0.5) is 0 Å². The average molecular weight is 164 g/mol. The Morgan fingerprint density at radius 1 is 1.33 bits per heavy atom. The quantitative estimate of drug-likeness (QED) is 0.630. The van der Waals surface area contributed by atoms with Gasteiger partial charge in [-0.05, 0) is 13.8 Å². The molecule has 0 radical (unpaired) electrons. The normalized spacial score (nSPS) is 16.0. The van der Waals surface area contributed by atoms with Crippen LogP contribution in [-0.2, 0) is 0 Å². The Balaban J connectivity index is 2.44. The van der Waals surface area contributed by atoms with Crippen LogP contribution in [0.2, 0.25) is 0 Å². The molecule has 0 fully saturated rings. The maximum absolute atomic E-state index is 4.35. The summed E-state index contributed by atoms with van der Waals surface area (Å²) >= 11 is 0. The number of aliphatic imine (C=N–C) groups is 1. The third-order valence-corrected chi connectivity index (χ3v) is 2.04. The number of amidine groups is 1. The molecule has 0 atom stereocenters. The van der Waals surface area contributed by atoms with E-state index in [9.17, 15) is 0 Å². The van der Waals surface area contributed by atoms with Crippen LogP contribution in [0.1, 0.15) is 17.0 Å². The molecule has 0 saturated carbocycles. The summed E-state index contributed by atoms with van der Waals surface area (Å²) in [5.74, 6) is 0.985. The van der Waals surface area contributed by atoms with Crippen molar-refractivity contribution in [3.05, 3.63) is 17.0 Å². The first-order valence-corrected chi connectivity index (χ1v) is 4.09. The molecule has 4 nitrogen and oxygen atoms in total. The van der Waals surface area contributed by atoms with Crippen molar-refractivity contribution < 1.29 is 0 Å². The average Bonchev–Trinajstić information content (AvgIpc) is 2.61. The summed E-state index contributed by atoms with van der Waals surface area (Å²) < 4.78 is 0. The van der Waals surface area contributed by atoms with E-state index in [0.717, 1.165) is 35.9 Å². The van der Waals surface area contributed by atoms with E-state index in [4.69, 9.17) is 0 Å². The van der Waals surface area contributed by atoms with Gasteiger partial charge in [0.05, 0.1) is 17.8 Å². The Labute approximate surface area is 71.1 Å². The maximum atomic E-state index is 4.35. The van der Waals surface area contributed by atoms with Crippen molar-refractivity contribution in [2.45, 2.75) is 13.8 Å². The molecule has 0 aromatic carbocycles. The Bertz CT molecular complexity index is 304. The zero-order valence-corrected chi connectivity index (χ0v) is 7.31. The first kappa shape index (κ1) is 7.34. The minimum absolute atomic E-state index is 0.874. The summed E-state index contributed by atoms with van der Waals surface area (Å²) in [6.07, 6.45) is 0. The highest BCUT2D eigenvalue weighted by atomic mass is 15.1. The Morgan fingerprint density at radius 3 is 2.67 bits per heavy atom. The van der Waals surface area contributed by atoms with Crippen LogP contribution in [0.25, 0.3) is 0 Å². The summed E-state index contributed by atoms with van der Waals surface area (Å²) in [5, 5.41) is 10.3. The largest absolute Gasteiger partial charge is 0.368 e. The predicted octanol–water partition coefficient (Wildman–Crippen LogP) is 0.376. The fourth-order valence-electron chi connectivity index (χ4n) is 1.47. The molecule has 4 heteroatoms. The van der Waals surface area contributed by atoms with Crippen LogP contribution in [0.15, 0.2) is 4.99 Å². The first-order valence-electron chi connectivity index (χ1n) is 4.09. The van der Waals surface area contributed by atoms with E-state index in [2.05, 4.69) is 20.5 Å². The fraction of sp³-hybridized carbons (Fsp3) is 0.500. The molecule has 0 aliphatic carbocycles. The van der Waals surface area contributed by atoms with E-state index >= 15 is 0 Å². The summed E-state index contributed by atoms with van der Waals surface area (Å²) in [4.78, 5) is 4.35. The number of aromatic amines is 1. The molecule has 0 amide bonds. The van der Waals surface area contributed by atoms with E-state index < -0.39 is 0 Å². The monoisotopic (exact) mass is 164 g/mol. The van der Waals surface area contributed by atoms with Crippen molar-refractivity contribution in [1.82, 2.24) is 15.5 Å². The highest BCUT2D eigenvalue weighted by molar-refractivity contribution is 6.01. The third-order valence-electron chi connectivity index (χ3n) is 2.04. The highest BCUT2D eigenvalue weighted by Crippen LogP contribution is 2.10. The first-order chi connectivity index (χ1) is 5.79. The molecule has 0 saturated heterocycles. The zero-order valence-electron chi connectivity index (χ0n) is 7.31. The van der Waals surface area contributed by atoms with Gasteiger partial charge in [0.2, 0.25) is 0 Å². The fourth-order valence-corrected chi connectivity index (χ4v) is 1.47. The van der Waals surface area contributed by atoms with E-state index in [1.165, 1.54) is 0 Å². The molecule has 2 heterocycles. The Hall–Kier alpha value is -1.32. The SMILES string of the molecule is Cc1n[nH]c(C)c1C1=NCCN1. The van der Waals surface area contributed by atoms with Crippen LogP contribution >= 0.6 is 0 Å². The summed E-state index contributed by atoms with van der Waals surface area (Å²) in [6.45, 7) is 5.82. The number of hydrogen-bond donors (Lipinski definition) is 2. The van der Waals surface area contributed by atoms with Crippen molar-refractivity contribution in [2.24, 2.45) is 4.99 Å². The van der Waals surface area contributed by atoms with Gasteiger partial charge in [0.15, 0.2) is 0 Å². The van der Waals surface area contributed by atoms with Gasteiger partial charge in [0.1, 0.15) is 5.84 Å². The lowest BCUT2D eigenvalue weighted by molar-refractivity contribution is 0.959. The molecule has 12 heavy (non-hydrogen) atoms. The molecule has 0 unspecified atom stereocenters. The zero-order chi connectivity index (χ0) is 8.55. The molecule has 0 spiro atoms. The van der Waals surface area contributed by atoms with Crippen LogP contribution in [0.3, 0.4) is 0 Å². The Kier molecular flexibility index (Phi) is 1.60. The van der Waals surface area contributed by atoms with Crippen molar-refractivity contribution in [3.8, 4) is 0 Å². The van der Waals surface area contributed by atoms with Crippen LogP contribution in [0, 0.1) is 13.8 Å². The molecule has 1 aromatic heterocycles. The molecule has 2 N–H and O–H groups in total. The molecule has 2 rings (SSSR count). The van der Waals surface area contributed by atoms with E-state index in [-0.39, 0.29) is 0 Å². The van der Waals surface area contributed by atoms with Gasteiger partial charge in [-0.25, -0.2) is 0 Å². The van der Waals surface area contributed by atoms with Crippen molar-refractivity contribution in [1.29, 1.82) is 0 Å². The molecule has 1 aliphatic rings. The molecular formula is C8H12N4. The van der Waals surface area contributed by atoms with Crippen molar-refractivity contribution in [2.75, 3.05) is 13.1 Å². The highest BCUT2D eigenvalue weighted by Gasteiger charge is 2.14. The molecule has 1 aromatic rings. The maximum Gasteiger partial charge on any atom is 0.132 e. The number of nitrogens with one attached hydrogen (secondary N) is 2. The van der Waals surface area contributed by atoms with Crippen LogP contribution in [-0.4, -0.2) is 29.1 Å². The second-order valence-corrected chi connectivity index (χ2v) is 2.97. The van der Waals surface area contributed by atoms with Crippen LogP contribution < -0.4 is 5.32 Å². The summed E-state index contributed by atoms with van der Waals surface area (Å²) in [6, 6.07) is 0. The minimum atomic E-state index is 0.874. The second-order valence-electron chi connectivity index (χ2n) is 2.97. The number of aryl methyl sites for hydroxylation is 2. The van der Waals surface area contributed by atoms with Crippen molar-refractivity contribution in [3.63, 3.8) is 0 Å². The lowest BCUT2D eigenvalue weighted by Gasteiger charge is -2.00. The molecule has 64 valence electrons. The standard InChI is InChI=1S/C8H12N4/c1-5-7(6(2)12-11-5)8-9-3-4-10-8/h3-4H2,1-2H3,(H,9,10)(H,11,12). The van der Waals surface area contributed by atoms with E-state index in [0.29, 0.717) is 0 Å². The third kappa shape index (κ3) is 0.995. The lowest BCUT2D eigenvalue weighted by Crippen LogP contribution is -2.20. The minimum Gasteiger partial charge on any atom is -0.368 e. The smallest absolute Gasteiger partial charge is 0.132 e. The number of hydrogen-bond acceptors (Lipinski definition) is 3. The number of nitrogens with zero attached hydrogens (tertiary/aromatic N) is 2. The predicted molar refractivity (Wildman–Crippen MR) is 47.5 cm³/mol.